The Balaban J connectivity index is 1.21. The number of rotatable bonds is 6. The first-order valence-electron chi connectivity index (χ1n) is 12.9. The highest BCUT2D eigenvalue weighted by Gasteiger charge is 2.60. The van der Waals surface area contributed by atoms with Crippen LogP contribution in [0.1, 0.15) is 23.1 Å². The number of aromatic nitrogens is 1. The van der Waals surface area contributed by atoms with Crippen LogP contribution in [0, 0.1) is 5.92 Å². The molecule has 0 radical (unpaired) electrons. The second-order valence-electron chi connectivity index (χ2n) is 9.96. The van der Waals surface area contributed by atoms with E-state index in [2.05, 4.69) is 34.5 Å². The average Bonchev–Trinajstić information content (AvgIpc) is 3.49. The molecule has 192 valence electrons. The molecule has 39 heavy (non-hydrogen) atoms. The van der Waals surface area contributed by atoms with Crippen LogP contribution in [-0.4, -0.2) is 22.4 Å². The van der Waals surface area contributed by atoms with E-state index >= 15 is 0 Å². The molecule has 0 saturated heterocycles. The zero-order chi connectivity index (χ0) is 26.4. The Morgan fingerprint density at radius 2 is 1.54 bits per heavy atom. The van der Waals surface area contributed by atoms with Crippen LogP contribution in [0.15, 0.2) is 113 Å². The Labute approximate surface area is 225 Å². The van der Waals surface area contributed by atoms with Gasteiger partial charge in [-0.05, 0) is 41.3 Å². The van der Waals surface area contributed by atoms with Crippen LogP contribution in [0.5, 0.6) is 17.4 Å². The summed E-state index contributed by atoms with van der Waals surface area (Å²) < 4.78 is 12.7. The molecular weight excluding hydrogens is 490 g/mol. The molecule has 7 heteroatoms. The summed E-state index contributed by atoms with van der Waals surface area (Å²) in [6, 6.07) is 33.5. The second-order valence-corrected chi connectivity index (χ2v) is 9.96. The number of carbonyl (C=O) groups excluding carboxylic acids is 1. The molecular formula is C32H25N3O4. The largest absolute Gasteiger partial charge is 0.493 e. The summed E-state index contributed by atoms with van der Waals surface area (Å²) >= 11 is 0. The van der Waals surface area contributed by atoms with Gasteiger partial charge < -0.3 is 19.1 Å². The molecule has 7 rings (SSSR count). The number of amides is 1. The summed E-state index contributed by atoms with van der Waals surface area (Å²) in [6.07, 6.45) is 0.663. The highest BCUT2D eigenvalue weighted by atomic mass is 16.7. The van der Waals surface area contributed by atoms with E-state index in [9.17, 15) is 9.90 Å². The van der Waals surface area contributed by atoms with E-state index in [1.165, 1.54) is 0 Å². The number of hydrogen-bond donors (Lipinski definition) is 1. The molecule has 1 saturated carbocycles. The fourth-order valence-electron chi connectivity index (χ4n) is 5.76. The number of carbonyl (C=O) groups is 1. The maximum Gasteiger partial charge on any atom is 0.269 e. The number of aromatic hydroxyl groups is 1. The summed E-state index contributed by atoms with van der Waals surface area (Å²) in [6.45, 7) is 0.589. The van der Waals surface area contributed by atoms with Gasteiger partial charge in [0.2, 0.25) is 12.7 Å². The Bertz CT molecular complexity index is 1690. The lowest BCUT2D eigenvalue weighted by molar-refractivity contribution is -0.119. The third-order valence-corrected chi connectivity index (χ3v) is 7.78. The fraction of sp³-hybridized carbons (Fsp3) is 0.156. The van der Waals surface area contributed by atoms with Crippen molar-refractivity contribution < 1.29 is 19.4 Å². The standard InChI is InChI=1S/C32H25N3O4/c36-30(25-18-32(25,22-9-3-1-4-10-22)23-11-5-2-6-12-23)34-33-29-24-13-7-8-14-26(24)35(31(29)37)19-21-15-16-27-28(17-21)39-20-38-27/h1-17,25,37H,18-20H2/t25-/m0/s1. The first kappa shape index (κ1) is 23.2. The van der Waals surface area contributed by atoms with Gasteiger partial charge in [0.05, 0.1) is 18.0 Å². The monoisotopic (exact) mass is 515 g/mol. The van der Waals surface area contributed by atoms with Crippen LogP contribution in [0.25, 0.3) is 10.9 Å². The van der Waals surface area contributed by atoms with Crippen molar-refractivity contribution in [1.29, 1.82) is 0 Å². The van der Waals surface area contributed by atoms with Crippen LogP contribution in [-0.2, 0) is 16.8 Å². The zero-order valence-electron chi connectivity index (χ0n) is 21.0. The topological polar surface area (TPSA) is 85.4 Å². The predicted octanol–water partition coefficient (Wildman–Crippen LogP) is 6.74. The molecule has 1 aliphatic heterocycles. The van der Waals surface area contributed by atoms with Gasteiger partial charge in [-0.2, -0.15) is 0 Å². The Hall–Kier alpha value is -4.91. The molecule has 1 N–H and O–H groups in total. The Morgan fingerprint density at radius 1 is 0.872 bits per heavy atom. The van der Waals surface area contributed by atoms with Crippen LogP contribution >= 0.6 is 0 Å². The Kier molecular flexibility index (Phi) is 5.44. The van der Waals surface area contributed by atoms with Crippen LogP contribution in [0.4, 0.5) is 5.69 Å². The number of azo groups is 1. The van der Waals surface area contributed by atoms with Crippen molar-refractivity contribution in [2.24, 2.45) is 16.1 Å². The van der Waals surface area contributed by atoms with Crippen LogP contribution in [0.2, 0.25) is 0 Å². The first-order chi connectivity index (χ1) is 19.1. The van der Waals surface area contributed by atoms with Crippen molar-refractivity contribution in [3.8, 4) is 17.4 Å². The van der Waals surface area contributed by atoms with Gasteiger partial charge in [0.15, 0.2) is 17.2 Å². The van der Waals surface area contributed by atoms with Gasteiger partial charge in [0.25, 0.3) is 5.91 Å². The molecule has 0 bridgehead atoms. The first-order valence-corrected chi connectivity index (χ1v) is 12.9. The van der Waals surface area contributed by atoms with Crippen molar-refractivity contribution in [2.75, 3.05) is 6.79 Å². The van der Waals surface area contributed by atoms with Gasteiger partial charge >= 0.3 is 0 Å². The molecule has 1 atom stereocenters. The number of ether oxygens (including phenoxy) is 2. The van der Waals surface area contributed by atoms with Crippen molar-refractivity contribution >= 4 is 22.5 Å². The van der Waals surface area contributed by atoms with Crippen LogP contribution < -0.4 is 9.47 Å². The lowest BCUT2D eigenvalue weighted by Crippen LogP contribution is -2.16. The van der Waals surface area contributed by atoms with E-state index in [-0.39, 0.29) is 30.2 Å². The molecule has 2 aliphatic rings. The number of para-hydroxylation sites is 1. The molecule has 0 spiro atoms. The average molecular weight is 516 g/mol. The molecule has 1 aliphatic carbocycles. The number of fused-ring (bicyclic) bond motifs is 2. The van der Waals surface area contributed by atoms with Gasteiger partial charge in [-0.25, -0.2) is 0 Å². The van der Waals surface area contributed by atoms with E-state index in [1.54, 1.807) is 4.57 Å². The smallest absolute Gasteiger partial charge is 0.269 e. The summed E-state index contributed by atoms with van der Waals surface area (Å²) in [5.74, 6) is 0.720. The molecule has 1 amide bonds. The normalized spacial score (nSPS) is 17.1. The summed E-state index contributed by atoms with van der Waals surface area (Å²) in [7, 11) is 0. The van der Waals surface area contributed by atoms with E-state index in [0.717, 1.165) is 27.6 Å². The van der Waals surface area contributed by atoms with Crippen LogP contribution in [0.3, 0.4) is 0 Å². The molecule has 0 unspecified atom stereocenters. The van der Waals surface area contributed by atoms with E-state index in [4.69, 9.17) is 9.47 Å². The minimum atomic E-state index is -0.423. The summed E-state index contributed by atoms with van der Waals surface area (Å²) in [5, 5.41) is 20.4. The minimum absolute atomic E-state index is 0.0430. The predicted molar refractivity (Wildman–Crippen MR) is 147 cm³/mol. The SMILES string of the molecule is O=C(N=Nc1c(O)n(Cc2ccc3c(c2)OCO3)c2ccccc12)[C@@H]1CC1(c1ccccc1)c1ccccc1. The van der Waals surface area contributed by atoms with Crippen molar-refractivity contribution in [1.82, 2.24) is 4.57 Å². The lowest BCUT2D eigenvalue weighted by atomic mass is 9.85. The number of nitrogens with zero attached hydrogens (tertiary/aromatic N) is 3. The maximum atomic E-state index is 13.4. The third-order valence-electron chi connectivity index (χ3n) is 7.78. The number of benzene rings is 4. The molecule has 4 aromatic carbocycles. The van der Waals surface area contributed by atoms with Crippen molar-refractivity contribution in [3.05, 3.63) is 120 Å². The number of hydrogen-bond acceptors (Lipinski definition) is 5. The molecule has 2 heterocycles. The van der Waals surface area contributed by atoms with Crippen molar-refractivity contribution in [3.63, 3.8) is 0 Å². The van der Waals surface area contributed by atoms with E-state index in [0.29, 0.717) is 24.5 Å². The van der Waals surface area contributed by atoms with Gasteiger partial charge in [0, 0.05) is 10.8 Å². The molecule has 5 aromatic rings. The molecule has 7 nitrogen and oxygen atoms in total. The van der Waals surface area contributed by atoms with E-state index in [1.807, 2.05) is 78.9 Å². The second kappa shape index (κ2) is 9.13. The van der Waals surface area contributed by atoms with Gasteiger partial charge in [0.1, 0.15) is 0 Å². The minimum Gasteiger partial charge on any atom is -0.493 e. The highest BCUT2D eigenvalue weighted by Crippen LogP contribution is 2.59. The van der Waals surface area contributed by atoms with Gasteiger partial charge in [-0.1, -0.05) is 84.9 Å². The fourth-order valence-corrected chi connectivity index (χ4v) is 5.76. The maximum absolute atomic E-state index is 13.4. The summed E-state index contributed by atoms with van der Waals surface area (Å²) in [5.41, 5.74) is 3.77. The highest BCUT2D eigenvalue weighted by molar-refractivity contribution is 5.95. The molecule has 1 aromatic heterocycles. The van der Waals surface area contributed by atoms with E-state index < -0.39 is 5.41 Å². The van der Waals surface area contributed by atoms with Gasteiger partial charge in [-0.3, -0.25) is 4.79 Å². The Morgan fingerprint density at radius 3 is 2.28 bits per heavy atom. The zero-order valence-corrected chi connectivity index (χ0v) is 21.0. The lowest BCUT2D eigenvalue weighted by Gasteiger charge is -2.17. The molecule has 1 fully saturated rings. The summed E-state index contributed by atoms with van der Waals surface area (Å²) in [4.78, 5) is 13.4. The van der Waals surface area contributed by atoms with Gasteiger partial charge in [-0.15, -0.1) is 10.2 Å². The quantitative estimate of drug-likeness (QED) is 0.254. The van der Waals surface area contributed by atoms with Crippen molar-refractivity contribution in [2.45, 2.75) is 18.4 Å². The third kappa shape index (κ3) is 3.85.